The lowest BCUT2D eigenvalue weighted by Crippen LogP contribution is -2.29. The number of nitrogens with zero attached hydrogens (tertiary/aromatic N) is 1. The number of fused-ring (bicyclic) bond motifs is 1. The van der Waals surface area contributed by atoms with Gasteiger partial charge in [-0.05, 0) is 42.0 Å². The number of aromatic nitrogens is 1. The van der Waals surface area contributed by atoms with Crippen molar-refractivity contribution in [3.8, 4) is 5.75 Å². The Morgan fingerprint density at radius 1 is 1.32 bits per heavy atom. The number of benzene rings is 1. The molecular formula is C17H13ClN2O4S. The van der Waals surface area contributed by atoms with Crippen molar-refractivity contribution >= 4 is 33.6 Å². The quantitative estimate of drug-likeness (QED) is 0.829. The van der Waals surface area contributed by atoms with Crippen LogP contribution in [0.15, 0.2) is 65.3 Å². The monoisotopic (exact) mass is 376 g/mol. The van der Waals surface area contributed by atoms with Crippen LogP contribution in [-0.2, 0) is 14.8 Å². The van der Waals surface area contributed by atoms with Gasteiger partial charge in [0.05, 0.1) is 0 Å². The number of rotatable bonds is 4. The van der Waals surface area contributed by atoms with Crippen molar-refractivity contribution in [2.75, 3.05) is 6.61 Å². The molecular weight excluding hydrogens is 364 g/mol. The first kappa shape index (κ1) is 17.2. The van der Waals surface area contributed by atoms with Crippen LogP contribution in [0.4, 0.5) is 0 Å². The van der Waals surface area contributed by atoms with E-state index in [9.17, 15) is 13.2 Å². The molecule has 0 atom stereocenters. The van der Waals surface area contributed by atoms with Crippen LogP contribution in [0, 0.1) is 0 Å². The number of halogens is 1. The van der Waals surface area contributed by atoms with Gasteiger partial charge in [-0.1, -0.05) is 17.7 Å². The summed E-state index contributed by atoms with van der Waals surface area (Å²) in [5.74, 6) is -0.0631. The van der Waals surface area contributed by atoms with E-state index in [1.807, 2.05) is 10.8 Å². The lowest BCUT2D eigenvalue weighted by Gasteiger charge is -2.16. The van der Waals surface area contributed by atoms with Crippen molar-refractivity contribution in [2.24, 2.45) is 0 Å². The van der Waals surface area contributed by atoms with Gasteiger partial charge in [0, 0.05) is 29.1 Å². The normalized spacial score (nSPS) is 13.7. The van der Waals surface area contributed by atoms with Gasteiger partial charge in [-0.2, -0.15) is 0 Å². The molecule has 0 saturated heterocycles. The molecule has 0 bridgehead atoms. The van der Waals surface area contributed by atoms with Crippen LogP contribution in [0.3, 0.4) is 0 Å². The van der Waals surface area contributed by atoms with Crippen LogP contribution in [0.5, 0.6) is 5.75 Å². The molecule has 1 aliphatic heterocycles. The van der Waals surface area contributed by atoms with Gasteiger partial charge in [-0.15, -0.1) is 0 Å². The second-order valence-electron chi connectivity index (χ2n) is 5.18. The van der Waals surface area contributed by atoms with Crippen molar-refractivity contribution in [1.82, 2.24) is 9.71 Å². The third kappa shape index (κ3) is 4.26. The number of hydrogen-bond donors (Lipinski definition) is 1. The highest BCUT2D eigenvalue weighted by molar-refractivity contribution is 7.90. The molecule has 1 aromatic carbocycles. The van der Waals surface area contributed by atoms with E-state index in [1.54, 1.807) is 18.2 Å². The Bertz CT molecular complexity index is 969. The van der Waals surface area contributed by atoms with Crippen LogP contribution >= 0.6 is 11.6 Å². The van der Waals surface area contributed by atoms with Gasteiger partial charge in [0.1, 0.15) is 17.3 Å². The highest BCUT2D eigenvalue weighted by Gasteiger charge is 2.16. The standard InChI is InChI=1S/C17H13ClN2O4S/c18-14-4-5-16-13(9-14)8-12(11-24-16)3-6-17(21)20-25(22,23)15-2-1-7-19-10-15/h1-10H,11H2,(H,20,21). The van der Waals surface area contributed by atoms with Crippen LogP contribution < -0.4 is 9.46 Å². The van der Waals surface area contributed by atoms with Gasteiger partial charge < -0.3 is 4.74 Å². The summed E-state index contributed by atoms with van der Waals surface area (Å²) >= 11 is 5.94. The zero-order chi connectivity index (χ0) is 17.9. The minimum atomic E-state index is -3.95. The Hall–Kier alpha value is -2.64. The number of amides is 1. The Morgan fingerprint density at radius 2 is 2.16 bits per heavy atom. The molecule has 25 heavy (non-hydrogen) atoms. The molecule has 0 spiro atoms. The summed E-state index contributed by atoms with van der Waals surface area (Å²) in [6, 6.07) is 8.07. The van der Waals surface area contributed by atoms with E-state index in [-0.39, 0.29) is 11.5 Å². The Labute approximate surface area is 149 Å². The minimum Gasteiger partial charge on any atom is -0.488 e. The van der Waals surface area contributed by atoms with Gasteiger partial charge in [-0.3, -0.25) is 9.78 Å². The number of nitrogens with one attached hydrogen (secondary N) is 1. The fourth-order valence-electron chi connectivity index (χ4n) is 2.18. The Morgan fingerprint density at radius 3 is 2.92 bits per heavy atom. The molecule has 1 amide bonds. The fraction of sp³-hybridized carbons (Fsp3) is 0.0588. The SMILES string of the molecule is O=C(C=CC1=Cc2cc(Cl)ccc2OC1)NS(=O)(=O)c1cccnc1. The highest BCUT2D eigenvalue weighted by atomic mass is 35.5. The number of ether oxygens (including phenoxy) is 1. The first-order chi connectivity index (χ1) is 11.9. The van der Waals surface area contributed by atoms with Gasteiger partial charge in [0.15, 0.2) is 0 Å². The fourth-order valence-corrected chi connectivity index (χ4v) is 3.27. The molecule has 1 aromatic heterocycles. The van der Waals surface area contributed by atoms with E-state index >= 15 is 0 Å². The predicted molar refractivity (Wildman–Crippen MR) is 93.6 cm³/mol. The zero-order valence-corrected chi connectivity index (χ0v) is 14.4. The number of carbonyl (C=O) groups is 1. The molecule has 2 aromatic rings. The molecule has 128 valence electrons. The molecule has 0 saturated carbocycles. The van der Waals surface area contributed by atoms with Gasteiger partial charge in [-0.25, -0.2) is 13.1 Å². The van der Waals surface area contributed by atoms with Crippen molar-refractivity contribution in [1.29, 1.82) is 0 Å². The van der Waals surface area contributed by atoms with E-state index in [1.165, 1.54) is 24.4 Å². The molecule has 0 unspecified atom stereocenters. The smallest absolute Gasteiger partial charge is 0.265 e. The maximum atomic E-state index is 12.0. The summed E-state index contributed by atoms with van der Waals surface area (Å²) in [6.45, 7) is 0.272. The van der Waals surface area contributed by atoms with Gasteiger partial charge >= 0.3 is 0 Å². The third-order valence-electron chi connectivity index (χ3n) is 3.34. The van der Waals surface area contributed by atoms with Crippen LogP contribution in [0.2, 0.25) is 5.02 Å². The molecule has 2 heterocycles. The molecule has 1 N–H and O–H groups in total. The van der Waals surface area contributed by atoms with Crippen LogP contribution in [-0.4, -0.2) is 25.9 Å². The van der Waals surface area contributed by atoms with Crippen molar-refractivity contribution in [3.05, 3.63) is 71.0 Å². The predicted octanol–water partition coefficient (Wildman–Crippen LogP) is 2.57. The lowest BCUT2D eigenvalue weighted by molar-refractivity contribution is -0.114. The average Bonchev–Trinajstić information content (AvgIpc) is 2.60. The second kappa shape index (κ2) is 7.08. The molecule has 6 nitrogen and oxygen atoms in total. The van der Waals surface area contributed by atoms with E-state index in [0.29, 0.717) is 16.3 Å². The first-order valence-corrected chi connectivity index (χ1v) is 9.08. The number of hydrogen-bond acceptors (Lipinski definition) is 5. The molecule has 0 radical (unpaired) electrons. The third-order valence-corrected chi connectivity index (χ3v) is 4.90. The van der Waals surface area contributed by atoms with Crippen molar-refractivity contribution in [3.63, 3.8) is 0 Å². The molecule has 0 fully saturated rings. The maximum Gasteiger partial charge on any atom is 0.265 e. The van der Waals surface area contributed by atoms with E-state index < -0.39 is 15.9 Å². The summed E-state index contributed by atoms with van der Waals surface area (Å²) in [6.07, 6.45) is 7.07. The van der Waals surface area contributed by atoms with Gasteiger partial charge in [0.2, 0.25) is 0 Å². The van der Waals surface area contributed by atoms with E-state index in [0.717, 1.165) is 17.8 Å². The molecule has 3 rings (SSSR count). The van der Waals surface area contributed by atoms with Crippen molar-refractivity contribution in [2.45, 2.75) is 4.90 Å². The van der Waals surface area contributed by atoms with E-state index in [4.69, 9.17) is 16.3 Å². The Kier molecular flexibility index (Phi) is 4.87. The Balaban J connectivity index is 1.71. The number of pyridine rings is 1. The highest BCUT2D eigenvalue weighted by Crippen LogP contribution is 2.29. The summed E-state index contributed by atoms with van der Waals surface area (Å²) < 4.78 is 31.6. The van der Waals surface area contributed by atoms with Crippen LogP contribution in [0.25, 0.3) is 6.08 Å². The van der Waals surface area contributed by atoms with Gasteiger partial charge in [0.25, 0.3) is 15.9 Å². The number of sulfonamides is 1. The lowest BCUT2D eigenvalue weighted by atomic mass is 10.1. The molecule has 8 heteroatoms. The number of carbonyl (C=O) groups excluding carboxylic acids is 1. The summed E-state index contributed by atoms with van der Waals surface area (Å²) in [7, 11) is -3.95. The van der Waals surface area contributed by atoms with Crippen LogP contribution in [0.1, 0.15) is 5.56 Å². The molecule has 1 aliphatic rings. The first-order valence-electron chi connectivity index (χ1n) is 7.22. The maximum absolute atomic E-state index is 12.0. The summed E-state index contributed by atoms with van der Waals surface area (Å²) in [5.41, 5.74) is 1.51. The topological polar surface area (TPSA) is 85.4 Å². The zero-order valence-electron chi connectivity index (χ0n) is 12.8. The minimum absolute atomic E-state index is 0.0828. The largest absolute Gasteiger partial charge is 0.488 e. The van der Waals surface area contributed by atoms with Crippen molar-refractivity contribution < 1.29 is 17.9 Å². The molecule has 0 aliphatic carbocycles. The average molecular weight is 377 g/mol. The second-order valence-corrected chi connectivity index (χ2v) is 7.30. The van der Waals surface area contributed by atoms with E-state index in [2.05, 4.69) is 4.98 Å². The summed E-state index contributed by atoms with van der Waals surface area (Å²) in [4.78, 5) is 15.5. The summed E-state index contributed by atoms with van der Waals surface area (Å²) in [5, 5.41) is 0.573.